The molecule has 2 atom stereocenters. The van der Waals surface area contributed by atoms with E-state index in [4.69, 9.17) is 34.0 Å². The van der Waals surface area contributed by atoms with E-state index in [1.54, 1.807) is 6.07 Å². The van der Waals surface area contributed by atoms with Crippen molar-refractivity contribution in [2.45, 2.75) is 25.4 Å². The molecule has 1 aliphatic heterocycles. The van der Waals surface area contributed by atoms with Gasteiger partial charge < -0.3 is 10.8 Å². The molecular weight excluding hydrogens is 299 g/mol. The molecule has 0 radical (unpaired) electrons. The molecule has 0 saturated carbocycles. The van der Waals surface area contributed by atoms with E-state index in [0.717, 1.165) is 25.1 Å². The third-order valence-electron chi connectivity index (χ3n) is 3.50. The number of likely N-dealkylation sites (tertiary alicyclic amines) is 1. The van der Waals surface area contributed by atoms with Gasteiger partial charge in [-0.05, 0) is 30.0 Å². The molecule has 4 nitrogen and oxygen atoms in total. The highest BCUT2D eigenvalue weighted by atomic mass is 35.5. The minimum atomic E-state index is -0.765. The molecule has 2 unspecified atom stereocenters. The quantitative estimate of drug-likeness (QED) is 0.896. The summed E-state index contributed by atoms with van der Waals surface area (Å²) < 4.78 is 0. The number of nitrogens with zero attached hydrogens (tertiary/aromatic N) is 1. The number of rotatable bonds is 4. The lowest BCUT2D eigenvalue weighted by molar-refractivity contribution is -0.138. The Morgan fingerprint density at radius 2 is 2.10 bits per heavy atom. The van der Waals surface area contributed by atoms with Crippen LogP contribution in [0, 0.1) is 5.92 Å². The van der Waals surface area contributed by atoms with Gasteiger partial charge in [-0.15, -0.1) is 0 Å². The molecule has 1 aromatic rings. The number of halogens is 2. The number of carboxylic acid groups (broad SMARTS) is 1. The van der Waals surface area contributed by atoms with Gasteiger partial charge in [-0.2, -0.15) is 0 Å². The second kappa shape index (κ2) is 6.76. The molecular formula is C14H18Cl2N2O2. The monoisotopic (exact) mass is 316 g/mol. The zero-order valence-electron chi connectivity index (χ0n) is 11.1. The third-order valence-corrected chi connectivity index (χ3v) is 4.24. The molecule has 0 spiro atoms. The molecule has 0 bridgehead atoms. The minimum Gasteiger partial charge on any atom is -0.481 e. The van der Waals surface area contributed by atoms with Crippen molar-refractivity contribution in [2.75, 3.05) is 13.1 Å². The van der Waals surface area contributed by atoms with Crippen LogP contribution in [0.3, 0.4) is 0 Å². The van der Waals surface area contributed by atoms with Crippen LogP contribution >= 0.6 is 23.2 Å². The molecule has 2 rings (SSSR count). The van der Waals surface area contributed by atoms with E-state index in [-0.39, 0.29) is 18.4 Å². The number of carbonyl (C=O) groups is 1. The maximum atomic E-state index is 10.8. The Morgan fingerprint density at radius 3 is 2.75 bits per heavy atom. The Balaban J connectivity index is 2.00. The highest BCUT2D eigenvalue weighted by Gasteiger charge is 2.26. The van der Waals surface area contributed by atoms with Crippen LogP contribution in [0.2, 0.25) is 10.0 Å². The first-order valence-corrected chi connectivity index (χ1v) is 7.33. The molecule has 6 heteroatoms. The van der Waals surface area contributed by atoms with E-state index in [1.165, 1.54) is 0 Å². The number of carboxylic acids is 1. The first-order valence-electron chi connectivity index (χ1n) is 6.57. The van der Waals surface area contributed by atoms with E-state index in [0.29, 0.717) is 16.6 Å². The summed E-state index contributed by atoms with van der Waals surface area (Å²) in [5, 5.41) is 9.97. The molecule has 0 amide bonds. The summed E-state index contributed by atoms with van der Waals surface area (Å²) >= 11 is 11.9. The topological polar surface area (TPSA) is 66.6 Å². The summed E-state index contributed by atoms with van der Waals surface area (Å²) in [6, 6.07) is 5.57. The summed E-state index contributed by atoms with van der Waals surface area (Å²) in [4.78, 5) is 13.0. The average molecular weight is 317 g/mol. The van der Waals surface area contributed by atoms with Gasteiger partial charge in [0, 0.05) is 32.1 Å². The van der Waals surface area contributed by atoms with E-state index >= 15 is 0 Å². The van der Waals surface area contributed by atoms with Gasteiger partial charge in [0.2, 0.25) is 0 Å². The fourth-order valence-corrected chi connectivity index (χ4v) is 3.09. The van der Waals surface area contributed by atoms with Crippen LogP contribution in [0.25, 0.3) is 0 Å². The fourth-order valence-electron chi connectivity index (χ4n) is 2.77. The van der Waals surface area contributed by atoms with Crippen LogP contribution in [0.15, 0.2) is 18.2 Å². The Hall–Kier alpha value is -0.810. The van der Waals surface area contributed by atoms with Crippen molar-refractivity contribution < 1.29 is 9.90 Å². The first kappa shape index (κ1) is 15.6. The maximum absolute atomic E-state index is 10.8. The number of hydrogen-bond donors (Lipinski definition) is 2. The SMILES string of the molecule is NC1CC(CC(=O)O)CN(Cc2ccc(Cl)c(Cl)c2)C1. The number of nitrogens with two attached hydrogens (primary N) is 1. The van der Waals surface area contributed by atoms with Crippen molar-refractivity contribution in [1.82, 2.24) is 4.90 Å². The van der Waals surface area contributed by atoms with Crippen LogP contribution in [-0.2, 0) is 11.3 Å². The maximum Gasteiger partial charge on any atom is 0.303 e. The number of benzene rings is 1. The smallest absolute Gasteiger partial charge is 0.303 e. The highest BCUT2D eigenvalue weighted by Crippen LogP contribution is 2.25. The highest BCUT2D eigenvalue weighted by molar-refractivity contribution is 6.42. The lowest BCUT2D eigenvalue weighted by Crippen LogP contribution is -2.46. The van der Waals surface area contributed by atoms with Crippen LogP contribution in [0.4, 0.5) is 0 Å². The van der Waals surface area contributed by atoms with Crippen molar-refractivity contribution in [2.24, 2.45) is 11.7 Å². The third kappa shape index (κ3) is 4.35. The van der Waals surface area contributed by atoms with Gasteiger partial charge in [0.05, 0.1) is 10.0 Å². The Kier molecular flexibility index (Phi) is 5.27. The van der Waals surface area contributed by atoms with Crippen LogP contribution in [0.1, 0.15) is 18.4 Å². The predicted octanol–water partition coefficient (Wildman–Crippen LogP) is 2.62. The molecule has 0 aromatic heterocycles. The summed E-state index contributed by atoms with van der Waals surface area (Å²) in [5.74, 6) is -0.655. The van der Waals surface area contributed by atoms with E-state index < -0.39 is 5.97 Å². The summed E-state index contributed by atoms with van der Waals surface area (Å²) in [5.41, 5.74) is 7.08. The largest absolute Gasteiger partial charge is 0.481 e. The Morgan fingerprint density at radius 1 is 1.35 bits per heavy atom. The molecule has 1 heterocycles. The molecule has 1 aromatic carbocycles. The number of piperidine rings is 1. The van der Waals surface area contributed by atoms with Gasteiger partial charge in [0.1, 0.15) is 0 Å². The average Bonchev–Trinajstić information content (AvgIpc) is 2.32. The number of hydrogen-bond acceptors (Lipinski definition) is 3. The lowest BCUT2D eigenvalue weighted by atomic mass is 9.91. The fraction of sp³-hybridized carbons (Fsp3) is 0.500. The second-order valence-corrected chi connectivity index (χ2v) is 6.22. The van der Waals surface area contributed by atoms with Gasteiger partial charge in [0.25, 0.3) is 0 Å². The molecule has 20 heavy (non-hydrogen) atoms. The van der Waals surface area contributed by atoms with Crippen LogP contribution < -0.4 is 5.73 Å². The number of aliphatic carboxylic acids is 1. The standard InChI is InChI=1S/C14H18Cl2N2O2/c15-12-2-1-9(4-13(12)16)6-18-7-10(5-14(19)20)3-11(17)8-18/h1-2,4,10-11H,3,5-8,17H2,(H,19,20). The van der Waals surface area contributed by atoms with E-state index in [1.807, 2.05) is 12.1 Å². The van der Waals surface area contributed by atoms with Gasteiger partial charge in [-0.25, -0.2) is 0 Å². The zero-order chi connectivity index (χ0) is 14.7. The predicted molar refractivity (Wildman–Crippen MR) is 80.1 cm³/mol. The van der Waals surface area contributed by atoms with Crippen molar-refractivity contribution >= 4 is 29.2 Å². The molecule has 1 fully saturated rings. The van der Waals surface area contributed by atoms with Crippen molar-refractivity contribution in [3.63, 3.8) is 0 Å². The Bertz CT molecular complexity index is 496. The van der Waals surface area contributed by atoms with Crippen molar-refractivity contribution in [3.8, 4) is 0 Å². The summed E-state index contributed by atoms with van der Waals surface area (Å²) in [6.07, 6.45) is 0.940. The lowest BCUT2D eigenvalue weighted by Gasteiger charge is -2.35. The van der Waals surface area contributed by atoms with E-state index in [9.17, 15) is 4.79 Å². The summed E-state index contributed by atoms with van der Waals surface area (Å²) in [6.45, 7) is 2.23. The molecule has 1 aliphatic rings. The Labute approximate surface area is 128 Å². The van der Waals surface area contributed by atoms with Crippen LogP contribution in [0.5, 0.6) is 0 Å². The molecule has 110 valence electrons. The minimum absolute atomic E-state index is 0.0240. The van der Waals surface area contributed by atoms with Crippen LogP contribution in [-0.4, -0.2) is 35.1 Å². The molecule has 3 N–H and O–H groups in total. The van der Waals surface area contributed by atoms with E-state index in [2.05, 4.69) is 4.90 Å². The van der Waals surface area contributed by atoms with Gasteiger partial charge in [-0.3, -0.25) is 9.69 Å². The molecule has 0 aliphatic carbocycles. The van der Waals surface area contributed by atoms with Gasteiger partial charge in [-0.1, -0.05) is 29.3 Å². The van der Waals surface area contributed by atoms with Gasteiger partial charge in [0.15, 0.2) is 0 Å². The van der Waals surface area contributed by atoms with Crippen molar-refractivity contribution in [1.29, 1.82) is 0 Å². The normalized spacial score (nSPS) is 23.8. The first-order chi connectivity index (χ1) is 9.44. The summed E-state index contributed by atoms with van der Waals surface area (Å²) in [7, 11) is 0. The second-order valence-electron chi connectivity index (χ2n) is 5.40. The molecule has 1 saturated heterocycles. The van der Waals surface area contributed by atoms with Crippen molar-refractivity contribution in [3.05, 3.63) is 33.8 Å². The van der Waals surface area contributed by atoms with Gasteiger partial charge >= 0.3 is 5.97 Å². The zero-order valence-corrected chi connectivity index (χ0v) is 12.6.